The molecule has 5 aliphatic rings. The molecule has 5 fully saturated rings. The van der Waals surface area contributed by atoms with E-state index >= 15 is 0 Å². The van der Waals surface area contributed by atoms with E-state index in [1.807, 2.05) is 0 Å². The fraction of sp³-hybridized carbons (Fsp3) is 0.952. The van der Waals surface area contributed by atoms with Crippen molar-refractivity contribution in [3.8, 4) is 0 Å². The molecule has 0 spiro atoms. The molecule has 0 aliphatic heterocycles. The van der Waals surface area contributed by atoms with Crippen LogP contribution in [0.5, 0.6) is 0 Å². The van der Waals surface area contributed by atoms with Crippen molar-refractivity contribution in [3.63, 3.8) is 0 Å². The molecular formula is C21H32O3. The van der Waals surface area contributed by atoms with Crippen LogP contribution in [0.3, 0.4) is 0 Å². The van der Waals surface area contributed by atoms with E-state index in [1.165, 1.54) is 32.1 Å². The van der Waals surface area contributed by atoms with Crippen molar-refractivity contribution in [2.45, 2.75) is 83.3 Å². The van der Waals surface area contributed by atoms with Crippen molar-refractivity contribution in [2.24, 2.45) is 34.0 Å². The van der Waals surface area contributed by atoms with Crippen LogP contribution < -0.4 is 0 Å². The molecule has 5 saturated carbocycles. The molecule has 0 radical (unpaired) electrons. The predicted octanol–water partition coefficient (Wildman–Crippen LogP) is 3.73. The van der Waals surface area contributed by atoms with E-state index in [0.29, 0.717) is 12.3 Å². The SMILES string of the molecule is COC1CC(=O)C2C34CCC5CCCCC5C3(C)C(C)(CC4)C12O. The van der Waals surface area contributed by atoms with Gasteiger partial charge in [0.15, 0.2) is 0 Å². The van der Waals surface area contributed by atoms with E-state index in [9.17, 15) is 9.90 Å². The van der Waals surface area contributed by atoms with Crippen LogP contribution in [0.1, 0.15) is 71.6 Å². The number of Topliss-reactive ketones (excluding diaryl/α,β-unsaturated/α-hetero) is 1. The third kappa shape index (κ3) is 1.28. The summed E-state index contributed by atoms with van der Waals surface area (Å²) in [6.07, 6.45) is 10.1. The minimum Gasteiger partial charge on any atom is -0.386 e. The average molecular weight is 332 g/mol. The van der Waals surface area contributed by atoms with E-state index in [0.717, 1.165) is 25.2 Å². The van der Waals surface area contributed by atoms with Crippen molar-refractivity contribution in [1.29, 1.82) is 0 Å². The standard InChI is InChI=1S/C21H32O3/c1-18-10-11-20(17-15(22)12-16(24-3)21(17,18)23)9-8-13-6-4-5-7-14(13)19(18,20)2/h13-14,16-17,23H,4-12H2,1-3H3. The second kappa shape index (κ2) is 4.46. The summed E-state index contributed by atoms with van der Waals surface area (Å²) in [4.78, 5) is 13.1. The molecule has 8 atom stereocenters. The van der Waals surface area contributed by atoms with Crippen molar-refractivity contribution in [3.05, 3.63) is 0 Å². The molecular weight excluding hydrogens is 300 g/mol. The van der Waals surface area contributed by atoms with Gasteiger partial charge >= 0.3 is 0 Å². The zero-order chi connectivity index (χ0) is 17.0. The van der Waals surface area contributed by atoms with Gasteiger partial charge in [0.1, 0.15) is 11.4 Å². The largest absolute Gasteiger partial charge is 0.386 e. The molecule has 5 rings (SSSR count). The highest BCUT2D eigenvalue weighted by Crippen LogP contribution is 2.86. The van der Waals surface area contributed by atoms with Crippen LogP contribution in [0, 0.1) is 34.0 Å². The summed E-state index contributed by atoms with van der Waals surface area (Å²) in [5.74, 6) is 1.61. The smallest absolute Gasteiger partial charge is 0.142 e. The Morgan fingerprint density at radius 1 is 1.08 bits per heavy atom. The van der Waals surface area contributed by atoms with Gasteiger partial charge in [-0.15, -0.1) is 0 Å². The maximum Gasteiger partial charge on any atom is 0.142 e. The number of carbonyl (C=O) groups is 1. The lowest BCUT2D eigenvalue weighted by molar-refractivity contribution is -0.181. The summed E-state index contributed by atoms with van der Waals surface area (Å²) in [5, 5.41) is 12.0. The number of ketones is 1. The number of aliphatic hydroxyl groups is 1. The van der Waals surface area contributed by atoms with Gasteiger partial charge in [-0.3, -0.25) is 4.79 Å². The highest BCUT2D eigenvalue weighted by atomic mass is 16.5. The van der Waals surface area contributed by atoms with Gasteiger partial charge in [0, 0.05) is 18.9 Å². The summed E-state index contributed by atoms with van der Waals surface area (Å²) in [7, 11) is 1.68. The molecule has 0 aromatic heterocycles. The number of fused-ring (bicyclic) bond motifs is 3. The molecule has 2 bridgehead atoms. The van der Waals surface area contributed by atoms with Gasteiger partial charge in [-0.1, -0.05) is 33.1 Å². The van der Waals surface area contributed by atoms with Gasteiger partial charge in [0.25, 0.3) is 0 Å². The summed E-state index contributed by atoms with van der Waals surface area (Å²) in [6.45, 7) is 4.79. The first-order valence-corrected chi connectivity index (χ1v) is 10.1. The predicted molar refractivity (Wildman–Crippen MR) is 91.4 cm³/mol. The van der Waals surface area contributed by atoms with Gasteiger partial charge in [-0.25, -0.2) is 0 Å². The molecule has 0 amide bonds. The third-order valence-electron chi connectivity index (χ3n) is 10.2. The number of hydrogen-bond donors (Lipinski definition) is 1. The lowest BCUT2D eigenvalue weighted by atomic mass is 9.45. The van der Waals surface area contributed by atoms with Crippen molar-refractivity contribution < 1.29 is 14.6 Å². The topological polar surface area (TPSA) is 46.5 Å². The first-order valence-electron chi connectivity index (χ1n) is 10.1. The molecule has 3 heteroatoms. The lowest BCUT2D eigenvalue weighted by Gasteiger charge is -2.59. The number of carbonyl (C=O) groups excluding carboxylic acids is 1. The quantitative estimate of drug-likeness (QED) is 0.796. The Morgan fingerprint density at radius 3 is 2.58 bits per heavy atom. The molecule has 134 valence electrons. The Hall–Kier alpha value is -0.410. The van der Waals surface area contributed by atoms with Crippen LogP contribution >= 0.6 is 0 Å². The number of rotatable bonds is 1. The first kappa shape index (κ1) is 15.8. The van der Waals surface area contributed by atoms with E-state index in [4.69, 9.17) is 4.74 Å². The molecule has 3 nitrogen and oxygen atoms in total. The van der Waals surface area contributed by atoms with E-state index < -0.39 is 5.60 Å². The highest BCUT2D eigenvalue weighted by molar-refractivity contribution is 5.88. The Morgan fingerprint density at radius 2 is 1.83 bits per heavy atom. The Labute approximate surface area is 145 Å². The molecule has 8 unspecified atom stereocenters. The molecule has 0 heterocycles. The Balaban J connectivity index is 1.73. The third-order valence-corrected chi connectivity index (χ3v) is 10.2. The average Bonchev–Trinajstić information content (AvgIpc) is 3.04. The van der Waals surface area contributed by atoms with E-state index in [2.05, 4.69) is 13.8 Å². The van der Waals surface area contributed by atoms with Gasteiger partial charge in [-0.05, 0) is 54.8 Å². The highest BCUT2D eigenvalue weighted by Gasteiger charge is 2.87. The first-order chi connectivity index (χ1) is 11.4. The minimum absolute atomic E-state index is 0.0272. The molecule has 0 saturated heterocycles. The van der Waals surface area contributed by atoms with E-state index in [-0.39, 0.29) is 34.1 Å². The van der Waals surface area contributed by atoms with Crippen LogP contribution in [0.4, 0.5) is 0 Å². The fourth-order valence-electron chi connectivity index (χ4n) is 9.22. The van der Waals surface area contributed by atoms with Gasteiger partial charge in [0.05, 0.1) is 12.0 Å². The monoisotopic (exact) mass is 332 g/mol. The summed E-state index contributed by atoms with van der Waals surface area (Å²) >= 11 is 0. The van der Waals surface area contributed by atoms with Crippen LogP contribution in [-0.2, 0) is 9.53 Å². The van der Waals surface area contributed by atoms with Crippen molar-refractivity contribution in [2.75, 3.05) is 7.11 Å². The maximum absolute atomic E-state index is 13.1. The lowest BCUT2D eigenvalue weighted by Crippen LogP contribution is -2.58. The van der Waals surface area contributed by atoms with E-state index in [1.54, 1.807) is 7.11 Å². The van der Waals surface area contributed by atoms with Crippen LogP contribution in [0.25, 0.3) is 0 Å². The second-order valence-corrected chi connectivity index (χ2v) is 10.0. The Kier molecular flexibility index (Phi) is 2.94. The molecule has 5 aliphatic carbocycles. The van der Waals surface area contributed by atoms with Crippen molar-refractivity contribution in [1.82, 2.24) is 0 Å². The zero-order valence-corrected chi connectivity index (χ0v) is 15.4. The molecule has 0 aromatic rings. The normalized spacial score (nSPS) is 61.6. The summed E-state index contributed by atoms with van der Waals surface area (Å²) in [5.41, 5.74) is -1.01. The van der Waals surface area contributed by atoms with Crippen LogP contribution in [0.2, 0.25) is 0 Å². The number of hydrogen-bond acceptors (Lipinski definition) is 3. The Bertz CT molecular complexity index is 602. The number of ether oxygens (including phenoxy) is 1. The molecule has 1 N–H and O–H groups in total. The fourth-order valence-corrected chi connectivity index (χ4v) is 9.22. The summed E-state index contributed by atoms with van der Waals surface area (Å²) < 4.78 is 5.73. The number of methoxy groups -OCH3 is 1. The molecule has 24 heavy (non-hydrogen) atoms. The maximum atomic E-state index is 13.1. The zero-order valence-electron chi connectivity index (χ0n) is 15.4. The van der Waals surface area contributed by atoms with Gasteiger partial charge in [0.2, 0.25) is 0 Å². The minimum atomic E-state index is -0.946. The van der Waals surface area contributed by atoms with Crippen LogP contribution in [0.15, 0.2) is 0 Å². The van der Waals surface area contributed by atoms with Gasteiger partial charge in [-0.2, -0.15) is 0 Å². The van der Waals surface area contributed by atoms with Crippen LogP contribution in [-0.4, -0.2) is 29.7 Å². The summed E-state index contributed by atoms with van der Waals surface area (Å²) in [6, 6.07) is 0. The second-order valence-electron chi connectivity index (χ2n) is 10.0. The molecule has 0 aromatic carbocycles. The van der Waals surface area contributed by atoms with Crippen molar-refractivity contribution >= 4 is 5.78 Å². The van der Waals surface area contributed by atoms with Gasteiger partial charge < -0.3 is 9.84 Å².